The Kier molecular flexibility index (Phi) is 4.53. The molecule has 1 aromatic heterocycles. The zero-order valence-corrected chi connectivity index (χ0v) is 11.9. The molecule has 0 aliphatic carbocycles. The number of aromatic nitrogens is 1. The van der Waals surface area contributed by atoms with Gasteiger partial charge in [-0.05, 0) is 43.5 Å². The van der Waals surface area contributed by atoms with E-state index in [1.165, 1.54) is 0 Å². The summed E-state index contributed by atoms with van der Waals surface area (Å²) < 4.78 is 0. The van der Waals surface area contributed by atoms with E-state index in [4.69, 9.17) is 0 Å². The van der Waals surface area contributed by atoms with Crippen LogP contribution >= 0.6 is 0 Å². The van der Waals surface area contributed by atoms with E-state index in [9.17, 15) is 4.79 Å². The van der Waals surface area contributed by atoms with E-state index in [1.807, 2.05) is 24.1 Å². The Balaban J connectivity index is 2.05. The van der Waals surface area contributed by atoms with Gasteiger partial charge in [0.2, 0.25) is 5.91 Å². The van der Waals surface area contributed by atoms with Crippen LogP contribution in [-0.4, -0.2) is 34.9 Å². The first-order valence-corrected chi connectivity index (χ1v) is 7.07. The minimum absolute atomic E-state index is 0.226. The van der Waals surface area contributed by atoms with Crippen molar-refractivity contribution in [2.24, 2.45) is 0 Å². The molecule has 19 heavy (non-hydrogen) atoms. The molecule has 1 aliphatic rings. The molecule has 1 saturated heterocycles. The Bertz CT molecular complexity index is 413. The van der Waals surface area contributed by atoms with Crippen molar-refractivity contribution in [1.29, 1.82) is 0 Å². The summed E-state index contributed by atoms with van der Waals surface area (Å²) in [5.74, 6) is 0.226. The first-order valence-electron chi connectivity index (χ1n) is 7.07. The van der Waals surface area contributed by atoms with Crippen molar-refractivity contribution in [1.82, 2.24) is 15.2 Å². The molecular weight excluding hydrogens is 238 g/mol. The van der Waals surface area contributed by atoms with Crippen molar-refractivity contribution in [3.63, 3.8) is 0 Å². The van der Waals surface area contributed by atoms with Crippen LogP contribution in [0.3, 0.4) is 0 Å². The second-order valence-corrected chi connectivity index (χ2v) is 5.38. The third-order valence-electron chi connectivity index (χ3n) is 3.85. The molecule has 1 fully saturated rings. The number of amides is 1. The molecule has 0 saturated carbocycles. The highest BCUT2D eigenvalue weighted by Gasteiger charge is 2.41. The smallest absolute Gasteiger partial charge is 0.242 e. The normalized spacial score (nSPS) is 22.4. The van der Waals surface area contributed by atoms with E-state index in [0.29, 0.717) is 6.54 Å². The second kappa shape index (κ2) is 6.15. The fraction of sp³-hybridized carbons (Fsp3) is 0.600. The number of nitrogens with one attached hydrogen (secondary N) is 1. The minimum Gasteiger partial charge on any atom is -0.340 e. The van der Waals surface area contributed by atoms with Crippen LogP contribution in [0.15, 0.2) is 24.5 Å². The summed E-state index contributed by atoms with van der Waals surface area (Å²) in [6.45, 7) is 3.74. The Morgan fingerprint density at radius 3 is 2.79 bits per heavy atom. The van der Waals surface area contributed by atoms with Crippen molar-refractivity contribution in [3.05, 3.63) is 30.1 Å². The Morgan fingerprint density at radius 2 is 2.21 bits per heavy atom. The van der Waals surface area contributed by atoms with Gasteiger partial charge in [-0.1, -0.05) is 13.3 Å². The molecule has 1 unspecified atom stereocenters. The average molecular weight is 261 g/mol. The topological polar surface area (TPSA) is 45.2 Å². The van der Waals surface area contributed by atoms with Crippen LogP contribution in [0.25, 0.3) is 0 Å². The molecule has 0 spiro atoms. The number of rotatable bonds is 5. The predicted molar refractivity (Wildman–Crippen MR) is 75.6 cm³/mol. The molecular formula is C15H23N3O. The fourth-order valence-electron chi connectivity index (χ4n) is 2.94. The summed E-state index contributed by atoms with van der Waals surface area (Å²) in [5, 5.41) is 3.43. The van der Waals surface area contributed by atoms with Crippen molar-refractivity contribution >= 4 is 5.91 Å². The lowest BCUT2D eigenvalue weighted by Gasteiger charge is -2.32. The molecule has 1 N–H and O–H groups in total. The highest BCUT2D eigenvalue weighted by molar-refractivity contribution is 5.86. The molecule has 104 valence electrons. The summed E-state index contributed by atoms with van der Waals surface area (Å²) in [6, 6.07) is 3.91. The summed E-state index contributed by atoms with van der Waals surface area (Å²) in [5.41, 5.74) is 0.798. The molecule has 4 heteroatoms. The SMILES string of the molecule is CCCC1(C(=O)N(C)Cc2ccncc2)CCCN1. The van der Waals surface area contributed by atoms with Gasteiger partial charge in [-0.3, -0.25) is 9.78 Å². The quantitative estimate of drug-likeness (QED) is 0.881. The van der Waals surface area contributed by atoms with Gasteiger partial charge in [0.1, 0.15) is 0 Å². The molecule has 1 atom stereocenters. The maximum absolute atomic E-state index is 12.7. The molecule has 4 nitrogen and oxygen atoms in total. The molecule has 1 aliphatic heterocycles. The van der Waals surface area contributed by atoms with Gasteiger partial charge in [0.25, 0.3) is 0 Å². The zero-order valence-electron chi connectivity index (χ0n) is 11.9. The molecule has 1 aromatic rings. The van der Waals surface area contributed by atoms with Crippen LogP contribution in [0.4, 0.5) is 0 Å². The number of likely N-dealkylation sites (N-methyl/N-ethyl adjacent to an activating group) is 1. The minimum atomic E-state index is -0.323. The van der Waals surface area contributed by atoms with Crippen molar-refractivity contribution < 1.29 is 4.79 Å². The maximum atomic E-state index is 12.7. The van der Waals surface area contributed by atoms with Gasteiger partial charge in [0.05, 0.1) is 5.54 Å². The zero-order chi connectivity index (χ0) is 13.7. The average Bonchev–Trinajstić information content (AvgIpc) is 2.89. The third kappa shape index (κ3) is 3.13. The number of nitrogens with zero attached hydrogens (tertiary/aromatic N) is 2. The van der Waals surface area contributed by atoms with E-state index < -0.39 is 0 Å². The van der Waals surface area contributed by atoms with Gasteiger partial charge in [-0.25, -0.2) is 0 Å². The van der Waals surface area contributed by atoms with Crippen LogP contribution in [-0.2, 0) is 11.3 Å². The predicted octanol–water partition coefficient (Wildman–Crippen LogP) is 1.96. The van der Waals surface area contributed by atoms with E-state index in [0.717, 1.165) is 37.8 Å². The lowest BCUT2D eigenvalue weighted by Crippen LogP contribution is -2.53. The Hall–Kier alpha value is -1.42. The Labute approximate surface area is 115 Å². The van der Waals surface area contributed by atoms with Crippen LogP contribution in [0.2, 0.25) is 0 Å². The van der Waals surface area contributed by atoms with Gasteiger partial charge in [-0.2, -0.15) is 0 Å². The number of carbonyl (C=O) groups excluding carboxylic acids is 1. The van der Waals surface area contributed by atoms with Crippen LogP contribution in [0.5, 0.6) is 0 Å². The molecule has 1 amide bonds. The summed E-state index contributed by atoms with van der Waals surface area (Å²) in [7, 11) is 1.89. The van der Waals surface area contributed by atoms with E-state index in [-0.39, 0.29) is 11.4 Å². The van der Waals surface area contributed by atoms with Crippen LogP contribution in [0, 0.1) is 0 Å². The van der Waals surface area contributed by atoms with E-state index >= 15 is 0 Å². The molecule has 0 bridgehead atoms. The highest BCUT2D eigenvalue weighted by Crippen LogP contribution is 2.27. The lowest BCUT2D eigenvalue weighted by atomic mass is 9.90. The van der Waals surface area contributed by atoms with E-state index in [2.05, 4.69) is 17.2 Å². The van der Waals surface area contributed by atoms with Crippen LogP contribution < -0.4 is 5.32 Å². The van der Waals surface area contributed by atoms with Gasteiger partial charge < -0.3 is 10.2 Å². The monoisotopic (exact) mass is 261 g/mol. The number of hydrogen-bond donors (Lipinski definition) is 1. The van der Waals surface area contributed by atoms with Crippen molar-refractivity contribution in [2.45, 2.75) is 44.7 Å². The Morgan fingerprint density at radius 1 is 1.47 bits per heavy atom. The van der Waals surface area contributed by atoms with Crippen molar-refractivity contribution in [2.75, 3.05) is 13.6 Å². The first-order chi connectivity index (χ1) is 9.18. The first kappa shape index (κ1) is 14.0. The second-order valence-electron chi connectivity index (χ2n) is 5.38. The molecule has 2 rings (SSSR count). The van der Waals surface area contributed by atoms with Gasteiger partial charge >= 0.3 is 0 Å². The standard InChI is InChI=1S/C15H23N3O/c1-3-7-15(8-4-9-17-15)14(19)18(2)12-13-5-10-16-11-6-13/h5-6,10-11,17H,3-4,7-9,12H2,1-2H3. The third-order valence-corrected chi connectivity index (χ3v) is 3.85. The molecule has 2 heterocycles. The summed E-state index contributed by atoms with van der Waals surface area (Å²) >= 11 is 0. The lowest BCUT2D eigenvalue weighted by molar-refractivity contribution is -0.137. The van der Waals surface area contributed by atoms with Crippen molar-refractivity contribution in [3.8, 4) is 0 Å². The summed E-state index contributed by atoms with van der Waals surface area (Å²) in [6.07, 6.45) is 7.54. The maximum Gasteiger partial charge on any atom is 0.242 e. The van der Waals surface area contributed by atoms with Gasteiger partial charge in [0, 0.05) is 26.0 Å². The number of carbonyl (C=O) groups is 1. The summed E-state index contributed by atoms with van der Waals surface area (Å²) in [4.78, 5) is 18.5. The van der Waals surface area contributed by atoms with Gasteiger partial charge in [0.15, 0.2) is 0 Å². The molecule has 0 aromatic carbocycles. The number of hydrogen-bond acceptors (Lipinski definition) is 3. The highest BCUT2D eigenvalue weighted by atomic mass is 16.2. The number of pyridine rings is 1. The fourth-order valence-corrected chi connectivity index (χ4v) is 2.94. The molecule has 0 radical (unpaired) electrons. The van der Waals surface area contributed by atoms with Gasteiger partial charge in [-0.15, -0.1) is 0 Å². The van der Waals surface area contributed by atoms with E-state index in [1.54, 1.807) is 12.4 Å². The largest absolute Gasteiger partial charge is 0.340 e. The van der Waals surface area contributed by atoms with Crippen LogP contribution in [0.1, 0.15) is 38.2 Å².